The summed E-state index contributed by atoms with van der Waals surface area (Å²) in [6, 6.07) is 4.03. The lowest BCUT2D eigenvalue weighted by molar-refractivity contribution is 0.308. The maximum absolute atomic E-state index is 5.59. The lowest BCUT2D eigenvalue weighted by atomic mass is 10.2. The first-order chi connectivity index (χ1) is 11.2. The molecule has 0 aliphatic rings. The average Bonchev–Trinajstić information content (AvgIpc) is 2.94. The van der Waals surface area contributed by atoms with Crippen molar-refractivity contribution in [3.8, 4) is 11.5 Å². The van der Waals surface area contributed by atoms with Crippen LogP contribution in [0.2, 0.25) is 0 Å². The van der Waals surface area contributed by atoms with Gasteiger partial charge >= 0.3 is 0 Å². The Morgan fingerprint density at radius 3 is 2.87 bits per heavy atom. The Morgan fingerprint density at radius 1 is 1.39 bits per heavy atom. The third kappa shape index (κ3) is 5.08. The van der Waals surface area contributed by atoms with Crippen molar-refractivity contribution in [1.29, 1.82) is 0 Å². The van der Waals surface area contributed by atoms with Crippen molar-refractivity contribution in [3.05, 3.63) is 22.2 Å². The number of aryl methyl sites for hydroxylation is 1. The number of aromatic nitrogens is 4. The highest BCUT2D eigenvalue weighted by Gasteiger charge is 2.11. The number of ether oxygens (including phenoxy) is 2. The molecule has 1 aromatic heterocycles. The van der Waals surface area contributed by atoms with Crippen molar-refractivity contribution in [2.24, 2.45) is 7.05 Å². The zero-order chi connectivity index (χ0) is 16.7. The Morgan fingerprint density at radius 2 is 2.22 bits per heavy atom. The minimum atomic E-state index is 0.598. The number of hydrogen-bond donors (Lipinski definition) is 1. The van der Waals surface area contributed by atoms with Crippen LogP contribution in [-0.2, 0) is 13.6 Å². The Labute approximate surface area is 148 Å². The van der Waals surface area contributed by atoms with E-state index in [4.69, 9.17) is 9.47 Å². The summed E-state index contributed by atoms with van der Waals surface area (Å²) in [4.78, 5) is 0. The molecular weight excluding hydrogens is 382 g/mol. The van der Waals surface area contributed by atoms with Crippen molar-refractivity contribution in [3.63, 3.8) is 0 Å². The normalized spacial score (nSPS) is 10.8. The number of benzene rings is 1. The van der Waals surface area contributed by atoms with Crippen molar-refractivity contribution in [1.82, 2.24) is 25.5 Å². The van der Waals surface area contributed by atoms with E-state index in [2.05, 4.69) is 36.8 Å². The van der Waals surface area contributed by atoms with E-state index >= 15 is 0 Å². The summed E-state index contributed by atoms with van der Waals surface area (Å²) in [6.45, 7) is 4.15. The first kappa shape index (κ1) is 18.0. The van der Waals surface area contributed by atoms with Crippen molar-refractivity contribution >= 4 is 27.7 Å². The van der Waals surface area contributed by atoms with Gasteiger partial charge in [-0.3, -0.25) is 0 Å². The summed E-state index contributed by atoms with van der Waals surface area (Å²) in [5.41, 5.74) is 1.13. The van der Waals surface area contributed by atoms with Gasteiger partial charge in [-0.2, -0.15) is 0 Å². The molecule has 0 saturated carbocycles. The van der Waals surface area contributed by atoms with Crippen LogP contribution in [0, 0.1) is 0 Å². The fraction of sp³-hybridized carbons (Fsp3) is 0.500. The van der Waals surface area contributed by atoms with Gasteiger partial charge in [0.1, 0.15) is 0 Å². The second-order valence-electron chi connectivity index (χ2n) is 4.65. The second kappa shape index (κ2) is 9.09. The minimum Gasteiger partial charge on any atom is -0.493 e. The molecule has 2 aromatic rings. The van der Waals surface area contributed by atoms with Crippen LogP contribution in [0.25, 0.3) is 0 Å². The van der Waals surface area contributed by atoms with Gasteiger partial charge in [0.05, 0.1) is 18.2 Å². The summed E-state index contributed by atoms with van der Waals surface area (Å²) >= 11 is 5.15. The van der Waals surface area contributed by atoms with Gasteiger partial charge in [-0.05, 0) is 51.0 Å². The highest BCUT2D eigenvalue weighted by Crippen LogP contribution is 2.36. The minimum absolute atomic E-state index is 0.598. The Balaban J connectivity index is 1.83. The first-order valence-electron chi connectivity index (χ1n) is 7.20. The Kier molecular flexibility index (Phi) is 7.13. The molecule has 126 valence electrons. The van der Waals surface area contributed by atoms with E-state index in [-0.39, 0.29) is 0 Å². The van der Waals surface area contributed by atoms with Crippen LogP contribution < -0.4 is 14.8 Å². The number of thioether (sulfide) groups is 1. The standard InChI is InChI=1S/C14H20BrN5O2S/c1-4-22-13-11(15)7-10(8-12(13)21-3)9-16-5-6-23-14-17-18-19-20(14)2/h7-8,16H,4-6,9H2,1-3H3. The van der Waals surface area contributed by atoms with Gasteiger partial charge in [-0.15, -0.1) is 5.10 Å². The van der Waals surface area contributed by atoms with Crippen molar-refractivity contribution in [2.75, 3.05) is 26.0 Å². The van der Waals surface area contributed by atoms with Crippen LogP contribution in [0.1, 0.15) is 12.5 Å². The van der Waals surface area contributed by atoms with Crippen LogP contribution in [-0.4, -0.2) is 46.2 Å². The quantitative estimate of drug-likeness (QED) is 0.510. The lowest BCUT2D eigenvalue weighted by Gasteiger charge is -2.13. The van der Waals surface area contributed by atoms with Crippen LogP contribution in [0.5, 0.6) is 11.5 Å². The number of halogens is 1. The molecule has 0 bridgehead atoms. The molecule has 23 heavy (non-hydrogen) atoms. The number of hydrogen-bond acceptors (Lipinski definition) is 7. The first-order valence-corrected chi connectivity index (χ1v) is 8.98. The van der Waals surface area contributed by atoms with Gasteiger partial charge in [0.15, 0.2) is 11.5 Å². The molecule has 7 nitrogen and oxygen atoms in total. The average molecular weight is 402 g/mol. The Bertz CT molecular complexity index is 638. The van der Waals surface area contributed by atoms with Crippen LogP contribution in [0.15, 0.2) is 21.8 Å². The zero-order valence-electron chi connectivity index (χ0n) is 13.4. The SMILES string of the molecule is CCOc1c(Br)cc(CNCCSc2nnnn2C)cc1OC. The van der Waals surface area contributed by atoms with Crippen LogP contribution in [0.4, 0.5) is 0 Å². The molecule has 9 heteroatoms. The fourth-order valence-corrected chi connectivity index (χ4v) is 3.30. The summed E-state index contributed by atoms with van der Waals surface area (Å²) < 4.78 is 13.6. The highest BCUT2D eigenvalue weighted by atomic mass is 79.9. The molecule has 0 atom stereocenters. The molecule has 0 aliphatic heterocycles. The second-order valence-corrected chi connectivity index (χ2v) is 6.57. The molecular formula is C14H20BrN5O2S. The van der Waals surface area contributed by atoms with E-state index in [0.29, 0.717) is 6.61 Å². The summed E-state index contributed by atoms with van der Waals surface area (Å²) in [5.74, 6) is 2.37. The highest BCUT2D eigenvalue weighted by molar-refractivity contribution is 9.10. The zero-order valence-corrected chi connectivity index (χ0v) is 15.8. The third-order valence-electron chi connectivity index (χ3n) is 3.00. The van der Waals surface area contributed by atoms with Crippen LogP contribution in [0.3, 0.4) is 0 Å². The van der Waals surface area contributed by atoms with E-state index in [1.807, 2.05) is 26.1 Å². The number of nitrogens with one attached hydrogen (secondary N) is 1. The molecule has 0 saturated heterocycles. The molecule has 1 heterocycles. The molecule has 1 N–H and O–H groups in total. The van der Waals surface area contributed by atoms with Gasteiger partial charge in [-0.25, -0.2) is 4.68 Å². The molecule has 1 aromatic carbocycles. The maximum Gasteiger partial charge on any atom is 0.209 e. The summed E-state index contributed by atoms with van der Waals surface area (Å²) in [5, 5.41) is 15.6. The topological polar surface area (TPSA) is 74.1 Å². The fourth-order valence-electron chi connectivity index (χ4n) is 1.95. The van der Waals surface area contributed by atoms with Crippen molar-refractivity contribution in [2.45, 2.75) is 18.6 Å². The van der Waals surface area contributed by atoms with E-state index in [1.54, 1.807) is 23.6 Å². The Hall–Kier alpha value is -1.32. The summed E-state index contributed by atoms with van der Waals surface area (Å²) in [6.07, 6.45) is 0. The molecule has 0 aliphatic carbocycles. The van der Waals surface area contributed by atoms with Gasteiger partial charge in [0, 0.05) is 25.9 Å². The largest absolute Gasteiger partial charge is 0.493 e. The van der Waals surface area contributed by atoms with Gasteiger partial charge in [0.2, 0.25) is 5.16 Å². The van der Waals surface area contributed by atoms with Gasteiger partial charge in [-0.1, -0.05) is 11.8 Å². The van der Waals surface area contributed by atoms with E-state index in [0.717, 1.165) is 45.5 Å². The van der Waals surface area contributed by atoms with E-state index in [9.17, 15) is 0 Å². The van der Waals surface area contributed by atoms with E-state index in [1.165, 1.54) is 0 Å². The molecule has 0 radical (unpaired) electrons. The molecule has 0 fully saturated rings. The molecule has 0 spiro atoms. The third-order valence-corrected chi connectivity index (χ3v) is 4.60. The van der Waals surface area contributed by atoms with E-state index < -0.39 is 0 Å². The predicted molar refractivity (Wildman–Crippen MR) is 93.1 cm³/mol. The number of tetrazole rings is 1. The number of rotatable bonds is 9. The predicted octanol–water partition coefficient (Wildman–Crippen LogP) is 2.26. The summed E-state index contributed by atoms with van der Waals surface area (Å²) in [7, 11) is 3.48. The maximum atomic E-state index is 5.59. The molecule has 2 rings (SSSR count). The molecule has 0 amide bonds. The van der Waals surface area contributed by atoms with Gasteiger partial charge < -0.3 is 14.8 Å². The number of nitrogens with zero attached hydrogens (tertiary/aromatic N) is 4. The van der Waals surface area contributed by atoms with Crippen LogP contribution >= 0.6 is 27.7 Å². The monoisotopic (exact) mass is 401 g/mol. The van der Waals surface area contributed by atoms with Crippen molar-refractivity contribution < 1.29 is 9.47 Å². The smallest absolute Gasteiger partial charge is 0.209 e. The number of methoxy groups -OCH3 is 1. The lowest BCUT2D eigenvalue weighted by Crippen LogP contribution is -2.17. The van der Waals surface area contributed by atoms with Gasteiger partial charge in [0.25, 0.3) is 0 Å². The molecule has 0 unspecified atom stereocenters.